The van der Waals surface area contributed by atoms with Crippen LogP contribution in [0.3, 0.4) is 0 Å². The molecular weight excluding hydrogens is 272 g/mol. The summed E-state index contributed by atoms with van der Waals surface area (Å²) in [5.41, 5.74) is 8.91. The van der Waals surface area contributed by atoms with E-state index in [1.807, 2.05) is 10.6 Å². The number of rotatable bonds is 4. The first-order chi connectivity index (χ1) is 9.69. The van der Waals surface area contributed by atoms with Gasteiger partial charge in [0.1, 0.15) is 5.52 Å². The van der Waals surface area contributed by atoms with Crippen LogP contribution in [0.15, 0.2) is 29.0 Å². The fraction of sp³-hybridized carbons (Fsp3) is 0.286. The summed E-state index contributed by atoms with van der Waals surface area (Å²) in [6.07, 6.45) is 0.901. The second-order valence-corrected chi connectivity index (χ2v) is 5.50. The van der Waals surface area contributed by atoms with Crippen LogP contribution in [-0.2, 0) is 6.42 Å². The Morgan fingerprint density at radius 1 is 1.35 bits per heavy atom. The van der Waals surface area contributed by atoms with Gasteiger partial charge in [-0.3, -0.25) is 4.57 Å². The molecule has 104 valence electrons. The molecular formula is C14H16N4OS. The molecule has 0 saturated heterocycles. The maximum absolute atomic E-state index is 6.05. The lowest BCUT2D eigenvalue weighted by atomic mass is 10.1. The van der Waals surface area contributed by atoms with E-state index in [9.17, 15) is 0 Å². The highest BCUT2D eigenvalue weighted by Gasteiger charge is 2.16. The number of imidazole rings is 1. The Bertz CT molecular complexity index is 720. The summed E-state index contributed by atoms with van der Waals surface area (Å²) in [5, 5.41) is 4.23. The van der Waals surface area contributed by atoms with Gasteiger partial charge in [-0.25, -0.2) is 4.98 Å². The minimum Gasteiger partial charge on any atom is -0.481 e. The Labute approximate surface area is 121 Å². The molecule has 3 heterocycles. The SMILES string of the molecule is COc1ccc2nc(N)n(C(C)Cc3ccsc3)c2n1. The van der Waals surface area contributed by atoms with E-state index in [1.54, 1.807) is 24.5 Å². The van der Waals surface area contributed by atoms with Gasteiger partial charge >= 0.3 is 0 Å². The zero-order chi connectivity index (χ0) is 14.1. The van der Waals surface area contributed by atoms with Gasteiger partial charge in [-0.1, -0.05) is 0 Å². The molecule has 0 aliphatic heterocycles. The van der Waals surface area contributed by atoms with E-state index in [2.05, 4.69) is 33.7 Å². The fourth-order valence-corrected chi connectivity index (χ4v) is 3.04. The Morgan fingerprint density at radius 2 is 2.20 bits per heavy atom. The monoisotopic (exact) mass is 288 g/mol. The van der Waals surface area contributed by atoms with Gasteiger partial charge < -0.3 is 10.5 Å². The molecule has 0 fully saturated rings. The second kappa shape index (κ2) is 5.13. The van der Waals surface area contributed by atoms with E-state index >= 15 is 0 Å². The number of hydrogen-bond acceptors (Lipinski definition) is 5. The molecule has 2 N–H and O–H groups in total. The number of methoxy groups -OCH3 is 1. The highest BCUT2D eigenvalue weighted by molar-refractivity contribution is 7.07. The molecule has 3 aromatic heterocycles. The van der Waals surface area contributed by atoms with Crippen LogP contribution in [0.1, 0.15) is 18.5 Å². The first-order valence-electron chi connectivity index (χ1n) is 6.38. The van der Waals surface area contributed by atoms with Gasteiger partial charge in [0.15, 0.2) is 5.65 Å². The molecule has 3 rings (SSSR count). The van der Waals surface area contributed by atoms with Gasteiger partial charge in [-0.2, -0.15) is 16.3 Å². The molecule has 0 aromatic carbocycles. The van der Waals surface area contributed by atoms with Crippen molar-refractivity contribution in [2.24, 2.45) is 0 Å². The number of fused-ring (bicyclic) bond motifs is 1. The number of anilines is 1. The Hall–Kier alpha value is -2.08. The quantitative estimate of drug-likeness (QED) is 0.801. The van der Waals surface area contributed by atoms with Gasteiger partial charge in [0.25, 0.3) is 0 Å². The van der Waals surface area contributed by atoms with Gasteiger partial charge in [-0.15, -0.1) is 0 Å². The van der Waals surface area contributed by atoms with Crippen LogP contribution in [0.2, 0.25) is 0 Å². The van der Waals surface area contributed by atoms with E-state index in [1.165, 1.54) is 5.56 Å². The fourth-order valence-electron chi connectivity index (χ4n) is 2.36. The lowest BCUT2D eigenvalue weighted by molar-refractivity contribution is 0.398. The summed E-state index contributed by atoms with van der Waals surface area (Å²) in [7, 11) is 1.60. The normalized spacial score (nSPS) is 12.7. The van der Waals surface area contributed by atoms with Crippen LogP contribution in [0.4, 0.5) is 5.95 Å². The Kier molecular flexibility index (Phi) is 3.31. The highest BCUT2D eigenvalue weighted by Crippen LogP contribution is 2.26. The number of nitrogens with zero attached hydrogens (tertiary/aromatic N) is 3. The van der Waals surface area contributed by atoms with Crippen molar-refractivity contribution in [3.63, 3.8) is 0 Å². The van der Waals surface area contributed by atoms with Crippen LogP contribution >= 0.6 is 11.3 Å². The van der Waals surface area contributed by atoms with E-state index in [4.69, 9.17) is 10.5 Å². The van der Waals surface area contributed by atoms with Crippen molar-refractivity contribution in [2.45, 2.75) is 19.4 Å². The molecule has 1 unspecified atom stereocenters. The predicted octanol–water partition coefficient (Wildman–Crippen LogP) is 2.89. The van der Waals surface area contributed by atoms with E-state index in [0.717, 1.165) is 17.6 Å². The van der Waals surface area contributed by atoms with Crippen molar-refractivity contribution in [2.75, 3.05) is 12.8 Å². The Balaban J connectivity index is 2.02. The molecule has 0 aliphatic carbocycles. The second-order valence-electron chi connectivity index (χ2n) is 4.72. The minimum atomic E-state index is 0.189. The Morgan fingerprint density at radius 3 is 2.90 bits per heavy atom. The van der Waals surface area contributed by atoms with E-state index in [0.29, 0.717) is 11.8 Å². The lowest BCUT2D eigenvalue weighted by Crippen LogP contribution is -2.11. The summed E-state index contributed by atoms with van der Waals surface area (Å²) in [6, 6.07) is 5.99. The van der Waals surface area contributed by atoms with E-state index in [-0.39, 0.29) is 6.04 Å². The molecule has 0 amide bonds. The predicted molar refractivity (Wildman–Crippen MR) is 81.2 cm³/mol. The van der Waals surface area contributed by atoms with Gasteiger partial charge in [0, 0.05) is 12.1 Å². The molecule has 0 radical (unpaired) electrons. The van der Waals surface area contributed by atoms with Gasteiger partial charge in [0.2, 0.25) is 11.8 Å². The summed E-state index contributed by atoms with van der Waals surface area (Å²) >= 11 is 1.70. The standard InChI is InChI=1S/C14H16N4OS/c1-9(7-10-5-6-20-8-10)18-13-11(16-14(18)15)3-4-12(17-13)19-2/h3-6,8-9H,7H2,1-2H3,(H2,15,16). The molecule has 6 heteroatoms. The van der Waals surface area contributed by atoms with Crippen LogP contribution in [0.5, 0.6) is 5.88 Å². The largest absolute Gasteiger partial charge is 0.481 e. The minimum absolute atomic E-state index is 0.189. The average molecular weight is 288 g/mol. The average Bonchev–Trinajstić information content (AvgIpc) is 3.04. The first-order valence-corrected chi connectivity index (χ1v) is 7.33. The molecule has 20 heavy (non-hydrogen) atoms. The van der Waals surface area contributed by atoms with Crippen LogP contribution < -0.4 is 10.5 Å². The topological polar surface area (TPSA) is 66.0 Å². The first kappa shape index (κ1) is 12.9. The molecule has 0 aliphatic rings. The zero-order valence-electron chi connectivity index (χ0n) is 11.4. The molecule has 3 aromatic rings. The lowest BCUT2D eigenvalue weighted by Gasteiger charge is -2.14. The number of thiophene rings is 1. The smallest absolute Gasteiger partial charge is 0.215 e. The van der Waals surface area contributed by atoms with Crippen molar-refractivity contribution >= 4 is 28.4 Å². The van der Waals surface area contributed by atoms with E-state index < -0.39 is 0 Å². The number of pyridine rings is 1. The summed E-state index contributed by atoms with van der Waals surface area (Å²) in [4.78, 5) is 8.83. The zero-order valence-corrected chi connectivity index (χ0v) is 12.2. The maximum atomic E-state index is 6.05. The summed E-state index contributed by atoms with van der Waals surface area (Å²) in [6.45, 7) is 2.12. The van der Waals surface area contributed by atoms with Crippen molar-refractivity contribution < 1.29 is 4.74 Å². The number of nitrogen functional groups attached to an aromatic ring is 1. The van der Waals surface area contributed by atoms with Crippen molar-refractivity contribution in [1.29, 1.82) is 0 Å². The maximum Gasteiger partial charge on any atom is 0.215 e. The third-order valence-electron chi connectivity index (χ3n) is 3.30. The number of aromatic nitrogens is 3. The third-order valence-corrected chi connectivity index (χ3v) is 4.03. The molecule has 5 nitrogen and oxygen atoms in total. The van der Waals surface area contributed by atoms with Crippen LogP contribution in [-0.4, -0.2) is 21.6 Å². The number of ether oxygens (including phenoxy) is 1. The van der Waals surface area contributed by atoms with Crippen molar-refractivity contribution in [1.82, 2.24) is 14.5 Å². The van der Waals surface area contributed by atoms with Gasteiger partial charge in [0.05, 0.1) is 7.11 Å². The number of nitrogens with two attached hydrogens (primary N) is 1. The number of hydrogen-bond donors (Lipinski definition) is 1. The third kappa shape index (κ3) is 2.22. The molecule has 1 atom stereocenters. The molecule has 0 spiro atoms. The summed E-state index contributed by atoms with van der Waals surface area (Å²) in [5.74, 6) is 1.06. The molecule has 0 saturated carbocycles. The van der Waals surface area contributed by atoms with Gasteiger partial charge in [-0.05, 0) is 41.8 Å². The molecule has 0 bridgehead atoms. The summed E-state index contributed by atoms with van der Waals surface area (Å²) < 4.78 is 7.15. The van der Waals surface area contributed by atoms with Crippen molar-refractivity contribution in [3.8, 4) is 5.88 Å². The highest BCUT2D eigenvalue weighted by atomic mass is 32.1. The van der Waals surface area contributed by atoms with Crippen LogP contribution in [0.25, 0.3) is 11.2 Å². The van der Waals surface area contributed by atoms with Crippen LogP contribution in [0, 0.1) is 0 Å². The van der Waals surface area contributed by atoms with Crippen molar-refractivity contribution in [3.05, 3.63) is 34.5 Å².